The first-order valence-corrected chi connectivity index (χ1v) is 7.45. The van der Waals surface area contributed by atoms with Crippen molar-refractivity contribution in [2.24, 2.45) is 0 Å². The lowest BCUT2D eigenvalue weighted by molar-refractivity contribution is -0.117. The Morgan fingerprint density at radius 3 is 2.68 bits per heavy atom. The van der Waals surface area contributed by atoms with Crippen LogP contribution in [0.3, 0.4) is 0 Å². The third-order valence-corrected chi connectivity index (χ3v) is 4.40. The predicted octanol–water partition coefficient (Wildman–Crippen LogP) is 3.69. The minimum Gasteiger partial charge on any atom is -0.310 e. The van der Waals surface area contributed by atoms with Crippen molar-refractivity contribution in [1.82, 2.24) is 0 Å². The lowest BCUT2D eigenvalue weighted by Gasteiger charge is -2.20. The van der Waals surface area contributed by atoms with E-state index in [4.69, 9.17) is 23.2 Å². The molecule has 0 aliphatic carbocycles. The highest BCUT2D eigenvalue weighted by molar-refractivity contribution is 8.14. The summed E-state index contributed by atoms with van der Waals surface area (Å²) in [7, 11) is 0. The average Bonchev–Trinajstić information content (AvgIpc) is 2.57. The molecular formula is C13H13Cl2NO2S. The summed E-state index contributed by atoms with van der Waals surface area (Å²) in [6.45, 7) is 3.88. The molecule has 1 saturated heterocycles. The zero-order valence-corrected chi connectivity index (χ0v) is 12.9. The molecule has 1 heterocycles. The Balaban J connectivity index is 2.28. The number of carbonyl (C=O) groups excluding carboxylic acids is 2. The molecule has 0 spiro atoms. The Kier molecular flexibility index (Phi) is 4.43. The zero-order chi connectivity index (χ0) is 14.2. The highest BCUT2D eigenvalue weighted by Crippen LogP contribution is 2.37. The van der Waals surface area contributed by atoms with E-state index in [-0.39, 0.29) is 16.3 Å². The SMILES string of the molecule is CC(=O)SC1CC(=O)N(c2c(C)cc(Cl)cc2Cl)C1. The molecule has 102 valence electrons. The minimum absolute atomic E-state index is 0.00357. The van der Waals surface area contributed by atoms with Crippen LogP contribution < -0.4 is 4.90 Å². The highest BCUT2D eigenvalue weighted by atomic mass is 35.5. The average molecular weight is 318 g/mol. The summed E-state index contributed by atoms with van der Waals surface area (Å²) in [6.07, 6.45) is 0.364. The van der Waals surface area contributed by atoms with E-state index in [2.05, 4.69) is 0 Å². The van der Waals surface area contributed by atoms with Crippen LogP contribution in [-0.4, -0.2) is 22.8 Å². The Bertz CT molecular complexity index is 524. The van der Waals surface area contributed by atoms with Gasteiger partial charge in [-0.05, 0) is 24.6 Å². The van der Waals surface area contributed by atoms with Gasteiger partial charge in [0.1, 0.15) is 0 Å². The van der Waals surface area contributed by atoms with Gasteiger partial charge in [0.05, 0.1) is 10.7 Å². The fourth-order valence-electron chi connectivity index (χ4n) is 2.24. The van der Waals surface area contributed by atoms with Crippen molar-refractivity contribution >= 4 is 51.7 Å². The fourth-order valence-corrected chi connectivity index (χ4v) is 3.86. The van der Waals surface area contributed by atoms with Gasteiger partial charge in [0.25, 0.3) is 0 Å². The number of hydrogen-bond donors (Lipinski definition) is 0. The van der Waals surface area contributed by atoms with Crippen molar-refractivity contribution in [1.29, 1.82) is 0 Å². The largest absolute Gasteiger partial charge is 0.310 e. The van der Waals surface area contributed by atoms with Crippen LogP contribution in [0, 0.1) is 6.92 Å². The zero-order valence-electron chi connectivity index (χ0n) is 10.6. The number of rotatable bonds is 2. The van der Waals surface area contributed by atoms with Crippen LogP contribution in [0.4, 0.5) is 5.69 Å². The molecular weight excluding hydrogens is 305 g/mol. The van der Waals surface area contributed by atoms with Crippen LogP contribution in [0.1, 0.15) is 18.9 Å². The van der Waals surface area contributed by atoms with Crippen LogP contribution in [0.2, 0.25) is 10.0 Å². The van der Waals surface area contributed by atoms with Gasteiger partial charge in [0.15, 0.2) is 5.12 Å². The summed E-state index contributed by atoms with van der Waals surface area (Å²) in [4.78, 5) is 24.8. The molecule has 1 aromatic carbocycles. The fraction of sp³-hybridized carbons (Fsp3) is 0.385. The smallest absolute Gasteiger partial charge is 0.228 e. The van der Waals surface area contributed by atoms with Gasteiger partial charge in [-0.3, -0.25) is 9.59 Å². The molecule has 1 atom stereocenters. The molecule has 1 aliphatic heterocycles. The lowest BCUT2D eigenvalue weighted by atomic mass is 10.2. The van der Waals surface area contributed by atoms with Crippen LogP contribution in [0.5, 0.6) is 0 Å². The monoisotopic (exact) mass is 317 g/mol. The minimum atomic E-state index is -0.00827. The quantitative estimate of drug-likeness (QED) is 0.834. The molecule has 1 amide bonds. The molecule has 6 heteroatoms. The molecule has 0 saturated carbocycles. The van der Waals surface area contributed by atoms with Crippen LogP contribution in [0.15, 0.2) is 12.1 Å². The topological polar surface area (TPSA) is 37.4 Å². The van der Waals surface area contributed by atoms with Crippen molar-refractivity contribution in [3.63, 3.8) is 0 Å². The standard InChI is InChI=1S/C13H13Cl2NO2S/c1-7-3-9(14)4-11(15)13(7)16-6-10(5-12(16)18)19-8(2)17/h3-4,10H,5-6H2,1-2H3. The van der Waals surface area contributed by atoms with Gasteiger partial charge in [-0.15, -0.1) is 0 Å². The summed E-state index contributed by atoms with van der Waals surface area (Å²) >= 11 is 13.3. The van der Waals surface area contributed by atoms with Crippen LogP contribution in [-0.2, 0) is 9.59 Å². The summed E-state index contributed by atoms with van der Waals surface area (Å²) in [6, 6.07) is 3.41. The number of aryl methyl sites for hydroxylation is 1. The first-order chi connectivity index (χ1) is 8.88. The van der Waals surface area contributed by atoms with Gasteiger partial charge in [-0.25, -0.2) is 0 Å². The summed E-state index contributed by atoms with van der Waals surface area (Å²) in [5, 5.41) is 1.04. The number of halogens is 2. The van der Waals surface area contributed by atoms with Crippen molar-refractivity contribution in [3.05, 3.63) is 27.7 Å². The molecule has 0 bridgehead atoms. The molecule has 1 aliphatic rings. The van der Waals surface area contributed by atoms with Gasteiger partial charge in [0.2, 0.25) is 5.91 Å². The lowest BCUT2D eigenvalue weighted by Crippen LogP contribution is -2.26. The number of benzene rings is 1. The van der Waals surface area contributed by atoms with E-state index in [1.807, 2.05) is 6.92 Å². The van der Waals surface area contributed by atoms with Gasteiger partial charge < -0.3 is 4.90 Å². The summed E-state index contributed by atoms with van der Waals surface area (Å²) < 4.78 is 0. The van der Waals surface area contributed by atoms with E-state index < -0.39 is 0 Å². The van der Waals surface area contributed by atoms with Crippen molar-refractivity contribution in [2.45, 2.75) is 25.5 Å². The maximum atomic E-state index is 12.1. The van der Waals surface area contributed by atoms with E-state index >= 15 is 0 Å². The number of amides is 1. The van der Waals surface area contributed by atoms with E-state index in [1.54, 1.807) is 17.0 Å². The van der Waals surface area contributed by atoms with Crippen molar-refractivity contribution < 1.29 is 9.59 Å². The third-order valence-electron chi connectivity index (χ3n) is 2.91. The number of nitrogens with zero attached hydrogens (tertiary/aromatic N) is 1. The summed E-state index contributed by atoms with van der Waals surface area (Å²) in [5.74, 6) is -0.00827. The van der Waals surface area contributed by atoms with Gasteiger partial charge in [-0.1, -0.05) is 35.0 Å². The molecule has 1 unspecified atom stereocenters. The molecule has 0 N–H and O–H groups in total. The van der Waals surface area contributed by atoms with Crippen LogP contribution >= 0.6 is 35.0 Å². The Hall–Kier alpha value is -0.710. The van der Waals surface area contributed by atoms with E-state index in [9.17, 15) is 9.59 Å². The first-order valence-electron chi connectivity index (χ1n) is 5.81. The Morgan fingerprint density at radius 1 is 1.42 bits per heavy atom. The van der Waals surface area contributed by atoms with Crippen LogP contribution in [0.25, 0.3) is 0 Å². The number of hydrogen-bond acceptors (Lipinski definition) is 3. The Morgan fingerprint density at radius 2 is 2.11 bits per heavy atom. The van der Waals surface area contributed by atoms with Gasteiger partial charge >= 0.3 is 0 Å². The molecule has 0 radical (unpaired) electrons. The molecule has 1 fully saturated rings. The number of anilines is 1. The molecule has 1 aromatic rings. The predicted molar refractivity (Wildman–Crippen MR) is 80.2 cm³/mol. The van der Waals surface area contributed by atoms with Gasteiger partial charge in [0, 0.05) is 30.2 Å². The molecule has 3 nitrogen and oxygen atoms in total. The number of carbonyl (C=O) groups is 2. The second kappa shape index (κ2) is 5.73. The molecule has 19 heavy (non-hydrogen) atoms. The van der Waals surface area contributed by atoms with Crippen molar-refractivity contribution in [2.75, 3.05) is 11.4 Å². The highest BCUT2D eigenvalue weighted by Gasteiger charge is 2.33. The van der Waals surface area contributed by atoms with E-state index in [1.165, 1.54) is 18.7 Å². The van der Waals surface area contributed by atoms with Crippen molar-refractivity contribution in [3.8, 4) is 0 Å². The second-order valence-corrected chi connectivity index (χ2v) is 6.81. The second-order valence-electron chi connectivity index (χ2n) is 4.49. The maximum absolute atomic E-state index is 12.1. The van der Waals surface area contributed by atoms with E-state index in [0.29, 0.717) is 28.7 Å². The summed E-state index contributed by atoms with van der Waals surface area (Å²) in [5.41, 5.74) is 1.56. The maximum Gasteiger partial charge on any atom is 0.228 e. The third kappa shape index (κ3) is 3.25. The Labute approximate surface area is 126 Å². The first kappa shape index (κ1) is 14.7. The number of thioether (sulfide) groups is 1. The molecule has 0 aromatic heterocycles. The normalized spacial score (nSPS) is 19.1. The molecule has 2 rings (SSSR count). The van der Waals surface area contributed by atoms with Gasteiger partial charge in [-0.2, -0.15) is 0 Å². The van der Waals surface area contributed by atoms with E-state index in [0.717, 1.165) is 5.56 Å².